The molecular formula is C27H21NO4S. The molecule has 0 N–H and O–H groups in total. The Bertz CT molecular complexity index is 1290. The molecule has 0 spiro atoms. The molecule has 0 unspecified atom stereocenters. The number of ketones is 1. The number of hydrogen-bond acceptors (Lipinski definition) is 6. The predicted octanol–water partition coefficient (Wildman–Crippen LogP) is 6.06. The highest BCUT2D eigenvalue weighted by Gasteiger charge is 2.52. The van der Waals surface area contributed by atoms with Crippen LogP contribution in [0.5, 0.6) is 17.2 Å². The van der Waals surface area contributed by atoms with Gasteiger partial charge in [-0.2, -0.15) is 0 Å². The monoisotopic (exact) mass is 455 g/mol. The molecular weight excluding hydrogens is 434 g/mol. The normalized spacial score (nSPS) is 14.2. The fourth-order valence-electron chi connectivity index (χ4n) is 4.16. The molecule has 0 saturated heterocycles. The molecule has 1 aliphatic rings. The molecule has 33 heavy (non-hydrogen) atoms. The van der Waals surface area contributed by atoms with E-state index in [9.17, 15) is 4.79 Å². The van der Waals surface area contributed by atoms with Crippen LogP contribution >= 0.6 is 11.3 Å². The molecule has 2 heterocycles. The van der Waals surface area contributed by atoms with Crippen LogP contribution in [0, 0.1) is 0 Å². The van der Waals surface area contributed by atoms with Gasteiger partial charge in [0.1, 0.15) is 5.75 Å². The smallest absolute Gasteiger partial charge is 0.218 e. The van der Waals surface area contributed by atoms with Crippen LogP contribution in [-0.4, -0.2) is 25.9 Å². The van der Waals surface area contributed by atoms with Gasteiger partial charge in [0, 0.05) is 6.07 Å². The topological polar surface area (TPSA) is 57.1 Å². The maximum Gasteiger partial charge on any atom is 0.218 e. The van der Waals surface area contributed by atoms with Crippen molar-refractivity contribution >= 4 is 28.7 Å². The zero-order chi connectivity index (χ0) is 22.8. The van der Waals surface area contributed by atoms with Crippen LogP contribution in [0.2, 0.25) is 0 Å². The van der Waals surface area contributed by atoms with Crippen LogP contribution in [0.1, 0.15) is 20.8 Å². The molecule has 164 valence electrons. The van der Waals surface area contributed by atoms with Crippen molar-refractivity contribution in [2.45, 2.75) is 5.41 Å². The van der Waals surface area contributed by atoms with Gasteiger partial charge in [-0.05, 0) is 34.7 Å². The van der Waals surface area contributed by atoms with E-state index in [1.165, 1.54) is 11.3 Å². The SMILES string of the molecule is COc1ccc(OC2=Nc3ccsc3C(=O)C2(c2ccccc2)c2ccccc2)cc1OC. The average Bonchev–Trinajstić information content (AvgIpc) is 3.34. The predicted molar refractivity (Wildman–Crippen MR) is 130 cm³/mol. The van der Waals surface area contributed by atoms with Crippen molar-refractivity contribution in [1.82, 2.24) is 0 Å². The highest BCUT2D eigenvalue weighted by Crippen LogP contribution is 2.46. The number of methoxy groups -OCH3 is 2. The van der Waals surface area contributed by atoms with Crippen molar-refractivity contribution in [3.05, 3.63) is 106 Å². The summed E-state index contributed by atoms with van der Waals surface area (Å²) >= 11 is 1.40. The molecule has 1 aromatic heterocycles. The van der Waals surface area contributed by atoms with Crippen molar-refractivity contribution in [2.75, 3.05) is 14.2 Å². The molecule has 5 rings (SSSR count). The summed E-state index contributed by atoms with van der Waals surface area (Å²) in [5.74, 6) is 1.84. The Kier molecular flexibility index (Phi) is 5.44. The summed E-state index contributed by atoms with van der Waals surface area (Å²) < 4.78 is 17.2. The number of carbonyl (C=O) groups excluding carboxylic acids is 1. The molecule has 5 nitrogen and oxygen atoms in total. The first-order valence-corrected chi connectivity index (χ1v) is 11.3. The van der Waals surface area contributed by atoms with Gasteiger partial charge in [-0.1, -0.05) is 60.7 Å². The highest BCUT2D eigenvalue weighted by atomic mass is 32.1. The number of rotatable bonds is 5. The first kappa shape index (κ1) is 21.0. The quantitative estimate of drug-likeness (QED) is 0.367. The molecule has 0 bridgehead atoms. The Morgan fingerprint density at radius 3 is 2.03 bits per heavy atom. The third-order valence-corrected chi connectivity index (χ3v) is 6.62. The summed E-state index contributed by atoms with van der Waals surface area (Å²) in [5.41, 5.74) is 0.968. The molecule has 0 saturated carbocycles. The minimum absolute atomic E-state index is 0.0598. The number of carbonyl (C=O) groups is 1. The number of thiophene rings is 1. The van der Waals surface area contributed by atoms with Crippen molar-refractivity contribution in [3.63, 3.8) is 0 Å². The fraction of sp³-hybridized carbons (Fsp3) is 0.111. The molecule has 0 amide bonds. The van der Waals surface area contributed by atoms with E-state index in [-0.39, 0.29) is 5.78 Å². The van der Waals surface area contributed by atoms with Crippen molar-refractivity contribution in [1.29, 1.82) is 0 Å². The van der Waals surface area contributed by atoms with Crippen molar-refractivity contribution < 1.29 is 19.0 Å². The number of hydrogen-bond donors (Lipinski definition) is 0. The third kappa shape index (κ3) is 3.39. The third-order valence-electron chi connectivity index (χ3n) is 5.72. The molecule has 0 aliphatic carbocycles. The van der Waals surface area contributed by atoms with Crippen molar-refractivity contribution in [2.24, 2.45) is 4.99 Å². The lowest BCUT2D eigenvalue weighted by Crippen LogP contribution is -2.48. The van der Waals surface area contributed by atoms with Gasteiger partial charge in [-0.25, -0.2) is 4.99 Å². The second-order valence-corrected chi connectivity index (χ2v) is 8.40. The summed E-state index contributed by atoms with van der Waals surface area (Å²) in [5, 5.41) is 1.88. The lowest BCUT2D eigenvalue weighted by Gasteiger charge is -2.36. The Morgan fingerprint density at radius 2 is 1.42 bits per heavy atom. The number of benzene rings is 3. The summed E-state index contributed by atoms with van der Waals surface area (Å²) in [7, 11) is 3.15. The average molecular weight is 456 g/mol. The first-order valence-electron chi connectivity index (χ1n) is 10.4. The Hall–Kier alpha value is -3.90. The van der Waals surface area contributed by atoms with Crippen LogP contribution in [0.3, 0.4) is 0 Å². The Labute approximate surface area is 195 Å². The lowest BCUT2D eigenvalue weighted by molar-refractivity contribution is 0.0943. The van der Waals surface area contributed by atoms with Gasteiger partial charge in [0.05, 0.1) is 24.8 Å². The minimum atomic E-state index is -1.23. The maximum atomic E-state index is 14.2. The molecule has 1 aliphatic heterocycles. The van der Waals surface area contributed by atoms with E-state index in [1.807, 2.05) is 72.1 Å². The fourth-order valence-corrected chi connectivity index (χ4v) is 4.99. The molecule has 0 fully saturated rings. The van der Waals surface area contributed by atoms with E-state index in [2.05, 4.69) is 0 Å². The van der Waals surface area contributed by atoms with Gasteiger partial charge in [0.25, 0.3) is 0 Å². The largest absolute Gasteiger partial charge is 0.493 e. The van der Waals surface area contributed by atoms with E-state index >= 15 is 0 Å². The van der Waals surface area contributed by atoms with Gasteiger partial charge >= 0.3 is 0 Å². The Balaban J connectivity index is 1.75. The number of nitrogens with zero attached hydrogens (tertiary/aromatic N) is 1. The van der Waals surface area contributed by atoms with Crippen LogP contribution in [0.4, 0.5) is 5.69 Å². The summed E-state index contributed by atoms with van der Waals surface area (Å²) in [4.78, 5) is 19.7. The van der Waals surface area contributed by atoms with E-state index < -0.39 is 5.41 Å². The van der Waals surface area contributed by atoms with Crippen LogP contribution in [0.25, 0.3) is 0 Å². The zero-order valence-corrected chi connectivity index (χ0v) is 19.0. The zero-order valence-electron chi connectivity index (χ0n) is 18.1. The summed E-state index contributed by atoms with van der Waals surface area (Å²) in [6, 6.07) is 26.4. The van der Waals surface area contributed by atoms with E-state index in [4.69, 9.17) is 19.2 Å². The minimum Gasteiger partial charge on any atom is -0.493 e. The van der Waals surface area contributed by atoms with Crippen molar-refractivity contribution in [3.8, 4) is 17.2 Å². The lowest BCUT2D eigenvalue weighted by atomic mass is 9.69. The molecule has 4 aromatic rings. The molecule has 0 radical (unpaired) electrons. The van der Waals surface area contributed by atoms with Crippen LogP contribution in [0.15, 0.2) is 95.3 Å². The summed E-state index contributed by atoms with van der Waals surface area (Å²) in [6.07, 6.45) is 0. The van der Waals surface area contributed by atoms with Gasteiger partial charge in [-0.3, -0.25) is 4.79 Å². The van der Waals surface area contributed by atoms with E-state index in [0.29, 0.717) is 33.7 Å². The van der Waals surface area contributed by atoms with Crippen LogP contribution in [-0.2, 0) is 5.41 Å². The standard InChI is InChI=1S/C27H21NO4S/c1-30-22-14-13-20(17-23(22)31-2)32-26-27(18-9-5-3-6-10-18,19-11-7-4-8-12-19)25(29)24-21(28-26)15-16-33-24/h3-17H,1-2H3. The number of ether oxygens (including phenoxy) is 3. The molecule has 6 heteroatoms. The van der Waals surface area contributed by atoms with Gasteiger partial charge < -0.3 is 14.2 Å². The number of aliphatic imine (C=N–C) groups is 1. The summed E-state index contributed by atoms with van der Waals surface area (Å²) in [6.45, 7) is 0. The van der Waals surface area contributed by atoms with Gasteiger partial charge in [-0.15, -0.1) is 11.3 Å². The second-order valence-electron chi connectivity index (χ2n) is 7.48. The van der Waals surface area contributed by atoms with Gasteiger partial charge in [0.15, 0.2) is 22.7 Å². The van der Waals surface area contributed by atoms with Gasteiger partial charge in [0.2, 0.25) is 5.90 Å². The highest BCUT2D eigenvalue weighted by molar-refractivity contribution is 7.13. The Morgan fingerprint density at radius 1 is 0.788 bits per heavy atom. The van der Waals surface area contributed by atoms with E-state index in [1.54, 1.807) is 32.4 Å². The molecule has 3 aromatic carbocycles. The second kappa shape index (κ2) is 8.56. The molecule has 0 atom stereocenters. The van der Waals surface area contributed by atoms with Crippen LogP contribution < -0.4 is 14.2 Å². The maximum absolute atomic E-state index is 14.2. The first-order chi connectivity index (χ1) is 16.2. The van der Waals surface area contributed by atoms with E-state index in [0.717, 1.165) is 11.1 Å². The number of fused-ring (bicyclic) bond motifs is 1. The number of Topliss-reactive ketones (excluding diaryl/α,β-unsaturated/α-hetero) is 1.